The molecule has 26 heavy (non-hydrogen) atoms. The first-order valence-electron chi connectivity index (χ1n) is 9.24. The van der Waals surface area contributed by atoms with E-state index in [1.165, 1.54) is 0 Å². The lowest BCUT2D eigenvalue weighted by molar-refractivity contribution is -0.124. The molecule has 0 spiro atoms. The summed E-state index contributed by atoms with van der Waals surface area (Å²) in [6.45, 7) is 3.19. The van der Waals surface area contributed by atoms with Gasteiger partial charge in [-0.25, -0.2) is 0 Å². The van der Waals surface area contributed by atoms with Crippen molar-refractivity contribution in [2.24, 2.45) is 11.8 Å². The van der Waals surface area contributed by atoms with Crippen molar-refractivity contribution < 1.29 is 9.59 Å². The van der Waals surface area contributed by atoms with Gasteiger partial charge in [0.05, 0.1) is 0 Å². The van der Waals surface area contributed by atoms with Crippen molar-refractivity contribution in [3.63, 3.8) is 0 Å². The first-order chi connectivity index (χ1) is 12.7. The number of rotatable bonds is 6. The predicted molar refractivity (Wildman–Crippen MR) is 102 cm³/mol. The zero-order valence-corrected chi connectivity index (χ0v) is 15.1. The summed E-state index contributed by atoms with van der Waals surface area (Å²) < 4.78 is 0. The van der Waals surface area contributed by atoms with Gasteiger partial charge >= 0.3 is 0 Å². The molecule has 0 bridgehead atoms. The van der Waals surface area contributed by atoms with Crippen LogP contribution in [0, 0.1) is 11.8 Å². The lowest BCUT2D eigenvalue weighted by Crippen LogP contribution is -2.31. The summed E-state index contributed by atoms with van der Waals surface area (Å²) in [6, 6.07) is 13.6. The summed E-state index contributed by atoms with van der Waals surface area (Å²) in [4.78, 5) is 28.5. The average molecular weight is 351 g/mol. The third-order valence-electron chi connectivity index (χ3n) is 4.92. The number of nitrogens with zero attached hydrogens (tertiary/aromatic N) is 1. The molecule has 1 fully saturated rings. The predicted octanol–water partition coefficient (Wildman–Crippen LogP) is 3.03. The average Bonchev–Trinajstić information content (AvgIpc) is 3.16. The van der Waals surface area contributed by atoms with Gasteiger partial charge in [0.1, 0.15) is 5.69 Å². The summed E-state index contributed by atoms with van der Waals surface area (Å²) in [5, 5.41) is 5.84. The van der Waals surface area contributed by atoms with Gasteiger partial charge in [0.2, 0.25) is 5.91 Å². The van der Waals surface area contributed by atoms with Gasteiger partial charge in [-0.15, -0.1) is 0 Å². The van der Waals surface area contributed by atoms with Crippen molar-refractivity contribution in [2.75, 3.05) is 13.1 Å². The number of amides is 2. The van der Waals surface area contributed by atoms with E-state index in [9.17, 15) is 9.59 Å². The molecule has 2 N–H and O–H groups in total. The third-order valence-corrected chi connectivity index (χ3v) is 4.92. The van der Waals surface area contributed by atoms with Gasteiger partial charge < -0.3 is 10.6 Å². The number of carbonyl (C=O) groups is 2. The quantitative estimate of drug-likeness (QED) is 0.840. The molecule has 1 aliphatic carbocycles. The Balaban J connectivity index is 1.50. The second-order valence-corrected chi connectivity index (χ2v) is 6.78. The minimum Gasteiger partial charge on any atom is -0.356 e. The summed E-state index contributed by atoms with van der Waals surface area (Å²) in [5.74, 6) is 0.417. The number of hydrogen-bond donors (Lipinski definition) is 2. The van der Waals surface area contributed by atoms with E-state index in [1.807, 2.05) is 43.3 Å². The Kier molecular flexibility index (Phi) is 6.00. The SMILES string of the molecule is CCNC(=O)[C@H]1CC[C@@H](CNC(=O)c2ccc(-c3ccccc3)cn2)C1. The van der Waals surface area contributed by atoms with Gasteiger partial charge in [0, 0.05) is 30.8 Å². The highest BCUT2D eigenvalue weighted by molar-refractivity contribution is 5.92. The van der Waals surface area contributed by atoms with Crippen molar-refractivity contribution in [3.8, 4) is 11.1 Å². The van der Waals surface area contributed by atoms with Crippen LogP contribution in [0.25, 0.3) is 11.1 Å². The van der Waals surface area contributed by atoms with Crippen molar-refractivity contribution in [3.05, 3.63) is 54.4 Å². The van der Waals surface area contributed by atoms with Crippen LogP contribution in [0.5, 0.6) is 0 Å². The molecule has 0 unspecified atom stereocenters. The fraction of sp³-hybridized carbons (Fsp3) is 0.381. The molecule has 5 nitrogen and oxygen atoms in total. The van der Waals surface area contributed by atoms with Crippen LogP contribution < -0.4 is 10.6 Å². The molecule has 0 radical (unpaired) electrons. The highest BCUT2D eigenvalue weighted by atomic mass is 16.2. The Hall–Kier alpha value is -2.69. The summed E-state index contributed by atoms with van der Waals surface area (Å²) in [5.41, 5.74) is 2.49. The van der Waals surface area contributed by atoms with Crippen LogP contribution in [0.15, 0.2) is 48.7 Å². The van der Waals surface area contributed by atoms with Crippen molar-refractivity contribution in [1.82, 2.24) is 15.6 Å². The number of carbonyl (C=O) groups excluding carboxylic acids is 2. The first kappa shape index (κ1) is 18.1. The van der Waals surface area contributed by atoms with Crippen molar-refractivity contribution >= 4 is 11.8 Å². The molecule has 1 aliphatic rings. The molecular formula is C21H25N3O2. The van der Waals surface area contributed by atoms with E-state index in [2.05, 4.69) is 15.6 Å². The number of nitrogens with one attached hydrogen (secondary N) is 2. The molecular weight excluding hydrogens is 326 g/mol. The maximum absolute atomic E-state index is 12.3. The topological polar surface area (TPSA) is 71.1 Å². The normalized spacial score (nSPS) is 19.1. The maximum Gasteiger partial charge on any atom is 0.269 e. The van der Waals surface area contributed by atoms with E-state index in [0.717, 1.165) is 30.4 Å². The smallest absolute Gasteiger partial charge is 0.269 e. The number of benzene rings is 1. The largest absolute Gasteiger partial charge is 0.356 e. The molecule has 1 aromatic carbocycles. The molecule has 1 saturated carbocycles. The second kappa shape index (κ2) is 8.61. The Morgan fingerprint density at radius 2 is 1.85 bits per heavy atom. The van der Waals surface area contributed by atoms with Gasteiger partial charge in [-0.2, -0.15) is 0 Å². The number of pyridine rings is 1. The molecule has 136 valence electrons. The molecule has 1 aromatic heterocycles. The standard InChI is InChI=1S/C21H25N3O2/c1-2-22-20(25)17-9-8-15(12-17)13-24-21(26)19-11-10-18(14-23-19)16-6-4-3-5-7-16/h3-7,10-11,14-15,17H,2,8-9,12-13H2,1H3,(H,22,25)(H,24,26)/t15-,17+/m1/s1. The van der Waals surface area contributed by atoms with Crippen molar-refractivity contribution in [2.45, 2.75) is 26.2 Å². The zero-order valence-electron chi connectivity index (χ0n) is 15.1. The van der Waals surface area contributed by atoms with Crippen molar-refractivity contribution in [1.29, 1.82) is 0 Å². The van der Waals surface area contributed by atoms with Crippen LogP contribution in [0.4, 0.5) is 0 Å². The van der Waals surface area contributed by atoms with E-state index in [4.69, 9.17) is 0 Å². The highest BCUT2D eigenvalue weighted by Gasteiger charge is 2.29. The Labute approximate surface area is 154 Å². The Morgan fingerprint density at radius 3 is 2.54 bits per heavy atom. The van der Waals surface area contributed by atoms with Crippen LogP contribution in [0.3, 0.4) is 0 Å². The monoisotopic (exact) mass is 351 g/mol. The number of hydrogen-bond acceptors (Lipinski definition) is 3. The minimum absolute atomic E-state index is 0.0835. The molecule has 0 saturated heterocycles. The van der Waals surface area contributed by atoms with Gasteiger partial charge in [0.15, 0.2) is 0 Å². The third kappa shape index (κ3) is 4.48. The van der Waals surface area contributed by atoms with E-state index in [1.54, 1.807) is 12.3 Å². The first-order valence-corrected chi connectivity index (χ1v) is 9.24. The van der Waals surface area contributed by atoms with Gasteiger partial charge in [-0.1, -0.05) is 36.4 Å². The fourth-order valence-corrected chi connectivity index (χ4v) is 3.47. The molecule has 2 amide bonds. The van der Waals surface area contributed by atoms with Crippen LogP contribution in [0.1, 0.15) is 36.7 Å². The van der Waals surface area contributed by atoms with Crippen LogP contribution >= 0.6 is 0 Å². The van der Waals surface area contributed by atoms with Gasteiger partial charge in [-0.05, 0) is 43.7 Å². The maximum atomic E-state index is 12.3. The van der Waals surface area contributed by atoms with Gasteiger partial charge in [-0.3, -0.25) is 14.6 Å². The van der Waals surface area contributed by atoms with E-state index in [-0.39, 0.29) is 17.7 Å². The molecule has 5 heteroatoms. The zero-order chi connectivity index (χ0) is 18.4. The summed E-state index contributed by atoms with van der Waals surface area (Å²) >= 11 is 0. The van der Waals surface area contributed by atoms with Crippen LogP contribution in [-0.2, 0) is 4.79 Å². The lowest BCUT2D eigenvalue weighted by atomic mass is 10.0. The number of aromatic nitrogens is 1. The second-order valence-electron chi connectivity index (χ2n) is 6.78. The lowest BCUT2D eigenvalue weighted by Gasteiger charge is -2.12. The van der Waals surface area contributed by atoms with E-state index in [0.29, 0.717) is 24.7 Å². The molecule has 2 atom stereocenters. The Morgan fingerprint density at radius 1 is 1.04 bits per heavy atom. The van der Waals surface area contributed by atoms with Crippen LogP contribution in [-0.4, -0.2) is 29.9 Å². The molecule has 0 aliphatic heterocycles. The summed E-state index contributed by atoms with van der Waals surface area (Å²) in [7, 11) is 0. The molecule has 1 heterocycles. The summed E-state index contributed by atoms with van der Waals surface area (Å²) in [6.07, 6.45) is 4.44. The van der Waals surface area contributed by atoms with E-state index < -0.39 is 0 Å². The van der Waals surface area contributed by atoms with E-state index >= 15 is 0 Å². The molecule has 2 aromatic rings. The van der Waals surface area contributed by atoms with Gasteiger partial charge in [0.25, 0.3) is 5.91 Å². The van der Waals surface area contributed by atoms with Crippen LogP contribution in [0.2, 0.25) is 0 Å². The minimum atomic E-state index is -0.161. The Bertz CT molecular complexity index is 744. The highest BCUT2D eigenvalue weighted by Crippen LogP contribution is 2.30. The fourth-order valence-electron chi connectivity index (χ4n) is 3.47. The molecule has 3 rings (SSSR count).